The Kier molecular flexibility index (Phi) is 4.32. The van der Waals surface area contributed by atoms with E-state index >= 15 is 0 Å². The number of pyridine rings is 1. The van der Waals surface area contributed by atoms with Crippen LogP contribution in [-0.4, -0.2) is 36.9 Å². The predicted molar refractivity (Wildman–Crippen MR) is 83.2 cm³/mol. The molecule has 7 heteroatoms. The monoisotopic (exact) mass is 336 g/mol. The molecule has 0 amide bonds. The van der Waals surface area contributed by atoms with Gasteiger partial charge in [-0.05, 0) is 43.2 Å². The van der Waals surface area contributed by atoms with Crippen LogP contribution in [0.1, 0.15) is 12.0 Å². The van der Waals surface area contributed by atoms with Gasteiger partial charge in [0, 0.05) is 18.8 Å². The molecule has 5 nitrogen and oxygen atoms in total. The largest absolute Gasteiger partial charge is 0.473 e. The second-order valence-electron chi connectivity index (χ2n) is 5.52. The van der Waals surface area contributed by atoms with Gasteiger partial charge in [0.2, 0.25) is 15.9 Å². The van der Waals surface area contributed by atoms with E-state index in [0.29, 0.717) is 18.8 Å². The van der Waals surface area contributed by atoms with E-state index in [0.717, 1.165) is 17.7 Å². The van der Waals surface area contributed by atoms with Crippen LogP contribution in [0.5, 0.6) is 5.88 Å². The van der Waals surface area contributed by atoms with Gasteiger partial charge >= 0.3 is 0 Å². The fraction of sp³-hybridized carbons (Fsp3) is 0.312. The molecule has 0 bridgehead atoms. The fourth-order valence-corrected chi connectivity index (χ4v) is 3.95. The Morgan fingerprint density at radius 1 is 1.22 bits per heavy atom. The standard InChI is InChI=1S/C16H17FN2O3S/c1-12-2-7-16(18-10-12)22-14-8-9-19(11-14)23(20,21)15-5-3-13(17)4-6-15/h2-7,10,14H,8-9,11H2,1H3. The number of rotatable bonds is 4. The molecule has 1 atom stereocenters. The molecule has 1 aliphatic rings. The summed E-state index contributed by atoms with van der Waals surface area (Å²) in [7, 11) is -3.62. The molecule has 0 radical (unpaired) electrons. The average molecular weight is 336 g/mol. The molecule has 0 spiro atoms. The molecule has 0 saturated carbocycles. The van der Waals surface area contributed by atoms with Crippen LogP contribution in [0.15, 0.2) is 47.5 Å². The number of halogens is 1. The van der Waals surface area contributed by atoms with E-state index in [-0.39, 0.29) is 17.5 Å². The lowest BCUT2D eigenvalue weighted by atomic mass is 10.3. The molecular weight excluding hydrogens is 319 g/mol. The van der Waals surface area contributed by atoms with Crippen LogP contribution in [0, 0.1) is 12.7 Å². The molecule has 0 aliphatic carbocycles. The maximum Gasteiger partial charge on any atom is 0.243 e. The Hall–Kier alpha value is -1.99. The van der Waals surface area contributed by atoms with Crippen molar-refractivity contribution in [3.05, 3.63) is 54.0 Å². The van der Waals surface area contributed by atoms with E-state index in [9.17, 15) is 12.8 Å². The van der Waals surface area contributed by atoms with Gasteiger partial charge in [0.25, 0.3) is 0 Å². The van der Waals surface area contributed by atoms with Gasteiger partial charge in [-0.2, -0.15) is 4.31 Å². The normalized spacial score (nSPS) is 19.0. The number of hydrogen-bond acceptors (Lipinski definition) is 4. The van der Waals surface area contributed by atoms with E-state index in [1.165, 1.54) is 16.4 Å². The summed E-state index contributed by atoms with van der Waals surface area (Å²) in [6.07, 6.45) is 2.06. The average Bonchev–Trinajstić information content (AvgIpc) is 2.99. The summed E-state index contributed by atoms with van der Waals surface area (Å²) in [5, 5.41) is 0. The third kappa shape index (κ3) is 3.51. The summed E-state index contributed by atoms with van der Waals surface area (Å²) in [6.45, 7) is 2.56. The van der Waals surface area contributed by atoms with Gasteiger partial charge in [-0.25, -0.2) is 17.8 Å². The quantitative estimate of drug-likeness (QED) is 0.860. The summed E-state index contributed by atoms with van der Waals surface area (Å²) < 4.78 is 45.1. The van der Waals surface area contributed by atoms with Crippen molar-refractivity contribution in [2.24, 2.45) is 0 Å². The topological polar surface area (TPSA) is 59.5 Å². The molecule has 3 rings (SSSR count). The zero-order chi connectivity index (χ0) is 16.4. The number of aromatic nitrogens is 1. The molecule has 1 fully saturated rings. The summed E-state index contributed by atoms with van der Waals surface area (Å²) in [5.41, 5.74) is 1.03. The number of nitrogens with zero attached hydrogens (tertiary/aromatic N) is 2. The Morgan fingerprint density at radius 2 is 1.96 bits per heavy atom. The first-order valence-electron chi connectivity index (χ1n) is 7.30. The molecule has 1 aliphatic heterocycles. The number of sulfonamides is 1. The van der Waals surface area contributed by atoms with E-state index in [2.05, 4.69) is 4.98 Å². The first kappa shape index (κ1) is 15.9. The molecule has 122 valence electrons. The highest BCUT2D eigenvalue weighted by atomic mass is 32.2. The van der Waals surface area contributed by atoms with Crippen molar-refractivity contribution in [2.45, 2.75) is 24.3 Å². The SMILES string of the molecule is Cc1ccc(OC2CCN(S(=O)(=O)c3ccc(F)cc3)C2)nc1. The number of aryl methyl sites for hydroxylation is 1. The van der Waals surface area contributed by atoms with Crippen molar-refractivity contribution >= 4 is 10.0 Å². The second kappa shape index (κ2) is 6.25. The molecule has 2 aromatic rings. The molecule has 0 N–H and O–H groups in total. The number of ether oxygens (including phenoxy) is 1. The highest BCUT2D eigenvalue weighted by molar-refractivity contribution is 7.89. The molecule has 1 aromatic carbocycles. The summed E-state index contributed by atoms with van der Waals surface area (Å²) in [4.78, 5) is 4.26. The molecular formula is C16H17FN2O3S. The van der Waals surface area contributed by atoms with Crippen LogP contribution < -0.4 is 4.74 Å². The zero-order valence-corrected chi connectivity index (χ0v) is 13.5. The lowest BCUT2D eigenvalue weighted by Gasteiger charge is -2.17. The highest BCUT2D eigenvalue weighted by Crippen LogP contribution is 2.23. The molecule has 1 saturated heterocycles. The van der Waals surface area contributed by atoms with E-state index in [4.69, 9.17) is 4.74 Å². The van der Waals surface area contributed by atoms with Crippen molar-refractivity contribution in [3.63, 3.8) is 0 Å². The van der Waals surface area contributed by atoms with E-state index < -0.39 is 15.8 Å². The molecule has 1 aromatic heterocycles. The van der Waals surface area contributed by atoms with Gasteiger partial charge in [-0.3, -0.25) is 0 Å². The van der Waals surface area contributed by atoms with Crippen LogP contribution in [0.4, 0.5) is 4.39 Å². The maximum absolute atomic E-state index is 12.9. The Labute approximate surface area is 134 Å². The Bertz CT molecular complexity index is 776. The van der Waals surface area contributed by atoms with Gasteiger partial charge < -0.3 is 4.74 Å². The minimum absolute atomic E-state index is 0.0908. The second-order valence-corrected chi connectivity index (χ2v) is 7.46. The van der Waals surface area contributed by atoms with Crippen LogP contribution >= 0.6 is 0 Å². The minimum atomic E-state index is -3.62. The minimum Gasteiger partial charge on any atom is -0.473 e. The number of benzene rings is 1. The summed E-state index contributed by atoms with van der Waals surface area (Å²) >= 11 is 0. The summed E-state index contributed by atoms with van der Waals surface area (Å²) in [5.74, 6) is 0.0265. The molecule has 23 heavy (non-hydrogen) atoms. The van der Waals surface area contributed by atoms with Crippen molar-refractivity contribution < 1.29 is 17.5 Å². The lowest BCUT2D eigenvalue weighted by molar-refractivity contribution is 0.207. The zero-order valence-electron chi connectivity index (χ0n) is 12.6. The van der Waals surface area contributed by atoms with Crippen molar-refractivity contribution in [1.82, 2.24) is 9.29 Å². The van der Waals surface area contributed by atoms with Crippen LogP contribution in [0.25, 0.3) is 0 Å². The van der Waals surface area contributed by atoms with Gasteiger partial charge in [-0.15, -0.1) is 0 Å². The Balaban J connectivity index is 1.69. The third-order valence-electron chi connectivity index (χ3n) is 3.73. The summed E-state index contributed by atoms with van der Waals surface area (Å²) in [6, 6.07) is 8.51. The molecule has 2 heterocycles. The van der Waals surface area contributed by atoms with Crippen LogP contribution in [0.3, 0.4) is 0 Å². The van der Waals surface area contributed by atoms with Gasteiger partial charge in [0.1, 0.15) is 11.9 Å². The van der Waals surface area contributed by atoms with Crippen molar-refractivity contribution in [3.8, 4) is 5.88 Å². The maximum atomic E-state index is 12.9. The van der Waals surface area contributed by atoms with Crippen molar-refractivity contribution in [2.75, 3.05) is 13.1 Å². The smallest absolute Gasteiger partial charge is 0.243 e. The van der Waals surface area contributed by atoms with Gasteiger partial charge in [0.05, 0.1) is 11.4 Å². The van der Waals surface area contributed by atoms with Crippen molar-refractivity contribution in [1.29, 1.82) is 0 Å². The lowest BCUT2D eigenvalue weighted by Crippen LogP contribution is -2.31. The Morgan fingerprint density at radius 3 is 2.61 bits per heavy atom. The highest BCUT2D eigenvalue weighted by Gasteiger charge is 2.33. The van der Waals surface area contributed by atoms with E-state index in [1.54, 1.807) is 12.3 Å². The van der Waals surface area contributed by atoms with Gasteiger partial charge in [0.15, 0.2) is 0 Å². The first-order chi connectivity index (χ1) is 10.9. The molecule has 1 unspecified atom stereocenters. The van der Waals surface area contributed by atoms with E-state index in [1.807, 2.05) is 13.0 Å². The van der Waals surface area contributed by atoms with Gasteiger partial charge in [-0.1, -0.05) is 6.07 Å². The van der Waals surface area contributed by atoms with Crippen LogP contribution in [0.2, 0.25) is 0 Å². The third-order valence-corrected chi connectivity index (χ3v) is 5.61. The number of hydrogen-bond donors (Lipinski definition) is 0. The van der Waals surface area contributed by atoms with Crippen LogP contribution in [-0.2, 0) is 10.0 Å². The predicted octanol–water partition coefficient (Wildman–Crippen LogP) is 2.37. The fourth-order valence-electron chi connectivity index (χ4n) is 2.46. The first-order valence-corrected chi connectivity index (χ1v) is 8.74.